The van der Waals surface area contributed by atoms with Crippen molar-refractivity contribution in [1.82, 2.24) is 9.36 Å². The number of hydrogen-bond donors (Lipinski definition) is 0. The van der Waals surface area contributed by atoms with Gasteiger partial charge in [-0.15, -0.1) is 0 Å². The highest BCUT2D eigenvalue weighted by Crippen LogP contribution is 1.93. The average molecular weight is 284 g/mol. The molecule has 0 aliphatic heterocycles. The van der Waals surface area contributed by atoms with Crippen LogP contribution >= 0.6 is 11.5 Å². The molecule has 0 radical (unpaired) electrons. The third kappa shape index (κ3) is 13.0. The molecule has 0 saturated heterocycles. The fourth-order valence-electron chi connectivity index (χ4n) is 0.952. The Bertz CT molecular complexity index is 324. The van der Waals surface area contributed by atoms with Gasteiger partial charge in [-0.25, -0.2) is 4.98 Å². The number of hydrogen-bond acceptors (Lipinski definition) is 5. The molecule has 0 aliphatic carbocycles. The van der Waals surface area contributed by atoms with Gasteiger partial charge in [0.15, 0.2) is 0 Å². The largest absolute Gasteiger partial charge is 0.472 e. The minimum Gasteiger partial charge on any atom is -0.472 e. The molecule has 0 aliphatic rings. The summed E-state index contributed by atoms with van der Waals surface area (Å²) in [7, 11) is 0. The summed E-state index contributed by atoms with van der Waals surface area (Å²) >= 11 is 1.42. The maximum atomic E-state index is 5.07. The maximum absolute atomic E-state index is 5.07. The van der Waals surface area contributed by atoms with Gasteiger partial charge in [0.1, 0.15) is 11.3 Å². The van der Waals surface area contributed by atoms with Crippen molar-refractivity contribution in [3.05, 3.63) is 35.5 Å². The third-order valence-corrected chi connectivity index (χ3v) is 2.55. The minimum absolute atomic E-state index is 0.861. The van der Waals surface area contributed by atoms with Crippen molar-refractivity contribution in [2.45, 2.75) is 40.5 Å². The van der Waals surface area contributed by atoms with Crippen LogP contribution < -0.4 is 0 Å². The normalized spacial score (nSPS) is 9.05. The van der Waals surface area contributed by atoms with Crippen LogP contribution in [-0.4, -0.2) is 22.6 Å². The zero-order valence-corrected chi connectivity index (χ0v) is 13.1. The molecular weight excluding hydrogens is 260 g/mol. The average Bonchev–Trinajstić information content (AvgIpc) is 3.05. The number of aromatic nitrogens is 2. The fraction of sp³-hybridized carbons (Fsp3) is 0.571. The highest BCUT2D eigenvalue weighted by Gasteiger charge is 1.79. The van der Waals surface area contributed by atoms with Gasteiger partial charge in [-0.1, -0.05) is 13.3 Å². The second-order valence-electron chi connectivity index (χ2n) is 3.81. The van der Waals surface area contributed by atoms with E-state index >= 15 is 0 Å². The predicted molar refractivity (Wildman–Crippen MR) is 79.5 cm³/mol. The van der Waals surface area contributed by atoms with Gasteiger partial charge in [0.2, 0.25) is 0 Å². The van der Waals surface area contributed by atoms with Crippen LogP contribution in [0.3, 0.4) is 0 Å². The van der Waals surface area contributed by atoms with E-state index in [2.05, 4.69) is 16.3 Å². The molecule has 0 N–H and O–H groups in total. The van der Waals surface area contributed by atoms with E-state index < -0.39 is 0 Å². The molecule has 0 saturated carbocycles. The summed E-state index contributed by atoms with van der Waals surface area (Å²) in [5.41, 5.74) is 1.18. The molecular formula is C14H24N2O2S. The van der Waals surface area contributed by atoms with Crippen molar-refractivity contribution < 1.29 is 9.15 Å². The van der Waals surface area contributed by atoms with E-state index in [1.165, 1.54) is 29.9 Å². The SMILES string of the molecule is CCCCOCC.Cc1ccoc1.Cc1ncns1. The molecule has 0 atom stereocenters. The van der Waals surface area contributed by atoms with Gasteiger partial charge in [0.25, 0.3) is 0 Å². The molecule has 0 unspecified atom stereocenters. The molecule has 2 aromatic heterocycles. The fourth-order valence-corrected chi connectivity index (χ4v) is 1.29. The lowest BCUT2D eigenvalue weighted by molar-refractivity contribution is 0.144. The summed E-state index contributed by atoms with van der Waals surface area (Å²) in [6.45, 7) is 9.91. The number of aryl methyl sites for hydroxylation is 2. The van der Waals surface area contributed by atoms with Crippen LogP contribution in [0.2, 0.25) is 0 Å². The molecule has 2 rings (SSSR count). The van der Waals surface area contributed by atoms with Gasteiger partial charge in [-0.2, -0.15) is 4.37 Å². The first-order chi connectivity index (χ1) is 9.20. The van der Waals surface area contributed by atoms with Crippen LogP contribution in [0.15, 0.2) is 29.3 Å². The molecule has 0 fully saturated rings. The third-order valence-electron chi connectivity index (χ3n) is 1.98. The summed E-state index contributed by atoms with van der Waals surface area (Å²) in [5.74, 6) is 0. The van der Waals surface area contributed by atoms with Gasteiger partial charge >= 0.3 is 0 Å². The van der Waals surface area contributed by atoms with Gasteiger partial charge in [-0.3, -0.25) is 0 Å². The Labute approximate surface area is 120 Å². The van der Waals surface area contributed by atoms with Crippen LogP contribution in [0.5, 0.6) is 0 Å². The molecule has 108 valence electrons. The molecule has 2 heterocycles. The molecule has 0 aromatic carbocycles. The highest BCUT2D eigenvalue weighted by molar-refractivity contribution is 7.05. The lowest BCUT2D eigenvalue weighted by Crippen LogP contribution is -1.90. The summed E-state index contributed by atoms with van der Waals surface area (Å²) in [4.78, 5) is 3.82. The monoisotopic (exact) mass is 284 g/mol. The molecule has 0 bridgehead atoms. The second kappa shape index (κ2) is 13.2. The molecule has 4 nitrogen and oxygen atoms in total. The second-order valence-corrected chi connectivity index (χ2v) is 4.80. The van der Waals surface area contributed by atoms with Crippen LogP contribution in [0.25, 0.3) is 0 Å². The quantitative estimate of drug-likeness (QED) is 0.787. The van der Waals surface area contributed by atoms with E-state index in [1.807, 2.05) is 26.8 Å². The molecule has 19 heavy (non-hydrogen) atoms. The molecule has 2 aromatic rings. The Morgan fingerprint density at radius 3 is 2.37 bits per heavy atom. The Kier molecular flexibility index (Phi) is 12.4. The number of nitrogens with zero attached hydrogens (tertiary/aromatic N) is 2. The molecule has 5 heteroatoms. The van der Waals surface area contributed by atoms with Crippen molar-refractivity contribution in [3.8, 4) is 0 Å². The van der Waals surface area contributed by atoms with Crippen LogP contribution in [0.1, 0.15) is 37.3 Å². The van der Waals surface area contributed by atoms with Crippen molar-refractivity contribution in [3.63, 3.8) is 0 Å². The number of rotatable bonds is 4. The van der Waals surface area contributed by atoms with Gasteiger partial charge in [0, 0.05) is 13.2 Å². The lowest BCUT2D eigenvalue weighted by Gasteiger charge is -1.94. The first-order valence-electron chi connectivity index (χ1n) is 6.50. The van der Waals surface area contributed by atoms with Gasteiger partial charge in [-0.05, 0) is 50.4 Å². The Balaban J connectivity index is 0.000000256. The predicted octanol–water partition coefficient (Wildman–Crippen LogP) is 4.26. The van der Waals surface area contributed by atoms with Crippen molar-refractivity contribution >= 4 is 11.5 Å². The summed E-state index contributed by atoms with van der Waals surface area (Å²) in [6.07, 6.45) is 7.36. The van der Waals surface area contributed by atoms with E-state index in [1.54, 1.807) is 18.9 Å². The van der Waals surface area contributed by atoms with E-state index in [-0.39, 0.29) is 0 Å². The number of furan rings is 1. The Morgan fingerprint density at radius 2 is 2.11 bits per heavy atom. The zero-order chi connectivity index (χ0) is 14.3. The number of ether oxygens (including phenoxy) is 1. The van der Waals surface area contributed by atoms with Crippen molar-refractivity contribution in [2.75, 3.05) is 13.2 Å². The molecule has 0 amide bonds. The first-order valence-corrected chi connectivity index (χ1v) is 7.27. The van der Waals surface area contributed by atoms with Crippen molar-refractivity contribution in [2.24, 2.45) is 0 Å². The van der Waals surface area contributed by atoms with E-state index in [0.717, 1.165) is 18.2 Å². The maximum Gasteiger partial charge on any atom is 0.129 e. The Hall–Kier alpha value is -1.20. The van der Waals surface area contributed by atoms with Crippen molar-refractivity contribution in [1.29, 1.82) is 0 Å². The van der Waals surface area contributed by atoms with Crippen LogP contribution in [-0.2, 0) is 4.74 Å². The summed E-state index contributed by atoms with van der Waals surface area (Å²) in [5, 5.41) is 1.02. The number of unbranched alkanes of at least 4 members (excludes halogenated alkanes) is 1. The topological polar surface area (TPSA) is 48.2 Å². The van der Waals surface area contributed by atoms with E-state index in [9.17, 15) is 0 Å². The minimum atomic E-state index is 0.861. The molecule has 0 spiro atoms. The lowest BCUT2D eigenvalue weighted by atomic mass is 10.4. The first kappa shape index (κ1) is 17.8. The van der Waals surface area contributed by atoms with Gasteiger partial charge < -0.3 is 9.15 Å². The van der Waals surface area contributed by atoms with E-state index in [4.69, 9.17) is 9.15 Å². The Morgan fingerprint density at radius 1 is 1.32 bits per heavy atom. The smallest absolute Gasteiger partial charge is 0.129 e. The standard InChI is InChI=1S/C6H14O.C5H6O.C3H4N2S/c1-3-5-6-7-4-2;1-5-2-3-6-4-5;1-3-4-2-5-6-3/h3-6H2,1-2H3;2-4H,1H3;2H,1H3. The highest BCUT2D eigenvalue weighted by atomic mass is 32.1. The summed E-state index contributed by atoms with van der Waals surface area (Å²) < 4.78 is 13.5. The zero-order valence-electron chi connectivity index (χ0n) is 12.3. The van der Waals surface area contributed by atoms with Crippen LogP contribution in [0.4, 0.5) is 0 Å². The summed E-state index contributed by atoms with van der Waals surface area (Å²) in [6, 6.07) is 1.92. The van der Waals surface area contributed by atoms with Crippen LogP contribution in [0, 0.1) is 13.8 Å². The van der Waals surface area contributed by atoms with E-state index in [0.29, 0.717) is 0 Å². The van der Waals surface area contributed by atoms with Gasteiger partial charge in [0.05, 0.1) is 12.5 Å².